The minimum atomic E-state index is -0.303. The lowest BCUT2D eigenvalue weighted by atomic mass is 10.1. The maximum Gasteiger partial charge on any atom is 0.261 e. The summed E-state index contributed by atoms with van der Waals surface area (Å²) in [5, 5.41) is 3.46. The molecular weight excluding hydrogens is 366 g/mol. The number of para-hydroxylation sites is 1. The fourth-order valence-electron chi connectivity index (χ4n) is 2.92. The van der Waals surface area contributed by atoms with Crippen LogP contribution in [0.3, 0.4) is 0 Å². The molecule has 1 unspecified atom stereocenters. The van der Waals surface area contributed by atoms with E-state index in [1.165, 1.54) is 0 Å². The molecule has 24 heavy (non-hydrogen) atoms. The third-order valence-electron chi connectivity index (χ3n) is 4.02. The molecule has 3 aromatic rings. The number of carbonyl (C=O) groups excluding carboxylic acids is 1. The van der Waals surface area contributed by atoms with Crippen molar-refractivity contribution in [3.8, 4) is 0 Å². The van der Waals surface area contributed by atoms with Crippen LogP contribution in [0.25, 0.3) is 0 Å². The molecule has 1 amide bonds. The number of halogens is 1. The number of benzene rings is 2. The maximum absolute atomic E-state index is 12.9. The summed E-state index contributed by atoms with van der Waals surface area (Å²) >= 11 is 3.55. The van der Waals surface area contributed by atoms with Gasteiger partial charge in [-0.1, -0.05) is 36.4 Å². The van der Waals surface area contributed by atoms with E-state index in [0.29, 0.717) is 11.4 Å². The van der Waals surface area contributed by atoms with Crippen LogP contribution in [0, 0.1) is 0 Å². The molecule has 0 spiro atoms. The van der Waals surface area contributed by atoms with Crippen molar-refractivity contribution in [1.82, 2.24) is 4.98 Å². The summed E-state index contributed by atoms with van der Waals surface area (Å²) < 4.78 is 0.947. The van der Waals surface area contributed by atoms with Gasteiger partial charge in [0.15, 0.2) is 0 Å². The molecule has 0 radical (unpaired) electrons. The number of nitrogens with one attached hydrogen (secondary N) is 1. The molecule has 1 aromatic heterocycles. The molecule has 118 valence electrons. The predicted octanol–water partition coefficient (Wildman–Crippen LogP) is 4.62. The van der Waals surface area contributed by atoms with Gasteiger partial charge in [-0.15, -0.1) is 0 Å². The zero-order valence-electron chi connectivity index (χ0n) is 12.7. The highest BCUT2D eigenvalue weighted by molar-refractivity contribution is 9.10. The number of amides is 1. The van der Waals surface area contributed by atoms with Crippen LogP contribution in [0.4, 0.5) is 11.5 Å². The van der Waals surface area contributed by atoms with E-state index in [1.807, 2.05) is 66.7 Å². The van der Waals surface area contributed by atoms with E-state index in [1.54, 1.807) is 11.1 Å². The van der Waals surface area contributed by atoms with Crippen LogP contribution in [0.1, 0.15) is 22.1 Å². The van der Waals surface area contributed by atoms with E-state index in [4.69, 9.17) is 0 Å². The molecule has 1 aliphatic rings. The standard InChI is InChI=1S/C19H14BrN3O/c20-15-9-3-4-10-16(15)22-18-13-7-1-2-8-14(13)19(24)23(18)17-11-5-6-12-21-17/h1-12,18,22H. The zero-order valence-corrected chi connectivity index (χ0v) is 14.3. The Hall–Kier alpha value is -2.66. The number of aromatic nitrogens is 1. The van der Waals surface area contributed by atoms with E-state index < -0.39 is 0 Å². The Kier molecular flexibility index (Phi) is 3.78. The van der Waals surface area contributed by atoms with Crippen molar-refractivity contribution < 1.29 is 4.79 Å². The van der Waals surface area contributed by atoms with Gasteiger partial charge in [-0.05, 0) is 46.3 Å². The number of carbonyl (C=O) groups is 1. The van der Waals surface area contributed by atoms with Gasteiger partial charge in [-0.2, -0.15) is 0 Å². The largest absolute Gasteiger partial charge is 0.360 e. The van der Waals surface area contributed by atoms with Crippen LogP contribution >= 0.6 is 15.9 Å². The van der Waals surface area contributed by atoms with Crippen LogP contribution in [-0.4, -0.2) is 10.9 Å². The van der Waals surface area contributed by atoms with E-state index in [9.17, 15) is 4.79 Å². The minimum Gasteiger partial charge on any atom is -0.360 e. The first-order valence-corrected chi connectivity index (χ1v) is 8.39. The number of fused-ring (bicyclic) bond motifs is 1. The van der Waals surface area contributed by atoms with E-state index in [0.717, 1.165) is 15.7 Å². The fourth-order valence-corrected chi connectivity index (χ4v) is 3.32. The number of anilines is 2. The molecule has 1 N–H and O–H groups in total. The Bertz CT molecular complexity index is 898. The topological polar surface area (TPSA) is 45.2 Å². The third kappa shape index (κ3) is 2.47. The highest BCUT2D eigenvalue weighted by Gasteiger charge is 2.38. The van der Waals surface area contributed by atoms with E-state index in [2.05, 4.69) is 26.2 Å². The number of hydrogen-bond donors (Lipinski definition) is 1. The van der Waals surface area contributed by atoms with Gasteiger partial charge in [0.25, 0.3) is 5.91 Å². The summed E-state index contributed by atoms with van der Waals surface area (Å²) in [4.78, 5) is 19.0. The van der Waals surface area contributed by atoms with Crippen LogP contribution in [0.5, 0.6) is 0 Å². The molecule has 0 saturated carbocycles. The van der Waals surface area contributed by atoms with Crippen molar-refractivity contribution in [2.45, 2.75) is 6.17 Å². The van der Waals surface area contributed by atoms with Crippen LogP contribution in [0.15, 0.2) is 77.4 Å². The van der Waals surface area contributed by atoms with E-state index in [-0.39, 0.29) is 12.1 Å². The quantitative estimate of drug-likeness (QED) is 0.722. The second kappa shape index (κ2) is 6.09. The molecule has 0 fully saturated rings. The molecule has 1 aliphatic heterocycles. The van der Waals surface area contributed by atoms with Gasteiger partial charge in [-0.25, -0.2) is 4.98 Å². The number of pyridine rings is 1. The van der Waals surface area contributed by atoms with Gasteiger partial charge in [0.05, 0.1) is 5.69 Å². The zero-order chi connectivity index (χ0) is 16.5. The Labute approximate surface area is 148 Å². The Morgan fingerprint density at radius 3 is 2.50 bits per heavy atom. The van der Waals surface area contributed by atoms with Crippen molar-refractivity contribution in [1.29, 1.82) is 0 Å². The molecular formula is C19H14BrN3O. The summed E-state index contributed by atoms with van der Waals surface area (Å²) in [5.74, 6) is 0.581. The van der Waals surface area contributed by atoms with E-state index >= 15 is 0 Å². The highest BCUT2D eigenvalue weighted by Crippen LogP contribution is 2.38. The Morgan fingerprint density at radius 2 is 1.71 bits per heavy atom. The fraction of sp³-hybridized carbons (Fsp3) is 0.0526. The summed E-state index contributed by atoms with van der Waals surface area (Å²) in [5.41, 5.74) is 2.57. The number of nitrogens with zero attached hydrogens (tertiary/aromatic N) is 2. The van der Waals surface area contributed by atoms with Crippen LogP contribution in [-0.2, 0) is 0 Å². The summed E-state index contributed by atoms with van der Waals surface area (Å²) in [6.07, 6.45) is 1.39. The lowest BCUT2D eigenvalue weighted by molar-refractivity contribution is 0.0992. The van der Waals surface area contributed by atoms with Gasteiger partial charge in [-0.3, -0.25) is 9.69 Å². The van der Waals surface area contributed by atoms with Crippen molar-refractivity contribution in [3.05, 3.63) is 88.5 Å². The first-order chi connectivity index (χ1) is 11.8. The number of rotatable bonds is 3. The molecule has 5 heteroatoms. The van der Waals surface area contributed by atoms with Crippen molar-refractivity contribution >= 4 is 33.3 Å². The Morgan fingerprint density at radius 1 is 0.958 bits per heavy atom. The first-order valence-electron chi connectivity index (χ1n) is 7.60. The normalized spacial score (nSPS) is 16.1. The lowest BCUT2D eigenvalue weighted by Gasteiger charge is -2.26. The SMILES string of the molecule is O=C1c2ccccc2C(Nc2ccccc2Br)N1c1ccccn1. The maximum atomic E-state index is 12.9. The van der Waals surface area contributed by atoms with Gasteiger partial charge in [0.2, 0.25) is 0 Å². The minimum absolute atomic E-state index is 0.0474. The van der Waals surface area contributed by atoms with Crippen molar-refractivity contribution in [3.63, 3.8) is 0 Å². The van der Waals surface area contributed by atoms with Crippen LogP contribution in [0.2, 0.25) is 0 Å². The molecule has 2 aromatic carbocycles. The molecule has 2 heterocycles. The average molecular weight is 380 g/mol. The van der Waals surface area contributed by atoms with Gasteiger partial charge in [0.1, 0.15) is 12.0 Å². The highest BCUT2D eigenvalue weighted by atomic mass is 79.9. The molecule has 4 rings (SSSR count). The van der Waals surface area contributed by atoms with Gasteiger partial charge < -0.3 is 5.32 Å². The van der Waals surface area contributed by atoms with Gasteiger partial charge in [0, 0.05) is 21.8 Å². The van der Waals surface area contributed by atoms with Crippen molar-refractivity contribution in [2.75, 3.05) is 10.2 Å². The Balaban J connectivity index is 1.81. The summed E-state index contributed by atoms with van der Waals surface area (Å²) in [6, 6.07) is 21.1. The second-order valence-corrected chi connectivity index (χ2v) is 6.33. The lowest BCUT2D eigenvalue weighted by Crippen LogP contribution is -2.33. The summed E-state index contributed by atoms with van der Waals surface area (Å²) in [6.45, 7) is 0. The molecule has 1 atom stereocenters. The molecule has 4 nitrogen and oxygen atoms in total. The monoisotopic (exact) mass is 379 g/mol. The molecule has 0 aliphatic carbocycles. The smallest absolute Gasteiger partial charge is 0.261 e. The summed E-state index contributed by atoms with van der Waals surface area (Å²) in [7, 11) is 0. The second-order valence-electron chi connectivity index (χ2n) is 5.48. The molecule has 0 bridgehead atoms. The average Bonchev–Trinajstić information content (AvgIpc) is 2.90. The van der Waals surface area contributed by atoms with Crippen molar-refractivity contribution in [2.24, 2.45) is 0 Å². The van der Waals surface area contributed by atoms with Crippen LogP contribution < -0.4 is 10.2 Å². The van der Waals surface area contributed by atoms with Gasteiger partial charge >= 0.3 is 0 Å². The molecule has 0 saturated heterocycles. The number of hydrogen-bond acceptors (Lipinski definition) is 3. The third-order valence-corrected chi connectivity index (χ3v) is 4.72. The first kappa shape index (κ1) is 14.9. The predicted molar refractivity (Wildman–Crippen MR) is 98.0 cm³/mol.